The molecule has 0 atom stereocenters. The van der Waals surface area contributed by atoms with Crippen molar-refractivity contribution in [1.29, 1.82) is 0 Å². The fraction of sp³-hybridized carbons (Fsp3) is 0.211. The van der Waals surface area contributed by atoms with Gasteiger partial charge in [0.2, 0.25) is 15.9 Å². The predicted octanol–water partition coefficient (Wildman–Crippen LogP) is 2.16. The van der Waals surface area contributed by atoms with Gasteiger partial charge in [-0.1, -0.05) is 12.1 Å². The van der Waals surface area contributed by atoms with Gasteiger partial charge in [-0.05, 0) is 54.8 Å². The van der Waals surface area contributed by atoms with Gasteiger partial charge in [0.05, 0.1) is 11.3 Å². The molecule has 0 spiro atoms. The van der Waals surface area contributed by atoms with Crippen LogP contribution in [0.1, 0.15) is 16.8 Å². The van der Waals surface area contributed by atoms with Crippen molar-refractivity contribution in [2.45, 2.75) is 24.7 Å². The van der Waals surface area contributed by atoms with Gasteiger partial charge in [-0.25, -0.2) is 17.9 Å². The molecule has 27 heavy (non-hydrogen) atoms. The lowest BCUT2D eigenvalue weighted by Gasteiger charge is -2.07. The average Bonchev–Trinajstić information content (AvgIpc) is 2.90. The molecule has 142 valence electrons. The molecule has 0 saturated heterocycles. The van der Waals surface area contributed by atoms with Crippen molar-refractivity contribution < 1.29 is 17.6 Å². The Morgan fingerprint density at radius 3 is 2.56 bits per heavy atom. The van der Waals surface area contributed by atoms with Gasteiger partial charge in [0.25, 0.3) is 0 Å². The van der Waals surface area contributed by atoms with E-state index >= 15 is 0 Å². The fourth-order valence-electron chi connectivity index (χ4n) is 3.00. The Morgan fingerprint density at radius 2 is 1.89 bits per heavy atom. The molecule has 3 rings (SSSR count). The highest BCUT2D eigenvalue weighted by Gasteiger charge is 2.13. The Bertz CT molecular complexity index is 1090. The van der Waals surface area contributed by atoms with Gasteiger partial charge < -0.3 is 10.3 Å². The number of amides is 1. The number of nitrogens with two attached hydrogens (primary N) is 1. The second kappa shape index (κ2) is 7.50. The van der Waals surface area contributed by atoms with Crippen molar-refractivity contribution in [2.24, 2.45) is 5.14 Å². The van der Waals surface area contributed by atoms with Crippen LogP contribution in [0.5, 0.6) is 0 Å². The Labute approximate surface area is 156 Å². The summed E-state index contributed by atoms with van der Waals surface area (Å²) in [7, 11) is -3.71. The Hall–Kier alpha value is -2.71. The summed E-state index contributed by atoms with van der Waals surface area (Å²) in [5, 5.41) is 8.60. The van der Waals surface area contributed by atoms with E-state index < -0.39 is 10.0 Å². The van der Waals surface area contributed by atoms with Crippen LogP contribution in [0.15, 0.2) is 47.4 Å². The quantitative estimate of drug-likeness (QED) is 0.602. The van der Waals surface area contributed by atoms with Gasteiger partial charge in [0.1, 0.15) is 5.82 Å². The summed E-state index contributed by atoms with van der Waals surface area (Å²) in [4.78, 5) is 15.5. The third-order valence-electron chi connectivity index (χ3n) is 4.41. The van der Waals surface area contributed by atoms with Crippen LogP contribution >= 0.6 is 0 Å². The van der Waals surface area contributed by atoms with E-state index in [1.54, 1.807) is 18.2 Å². The SMILES string of the molecule is Cc1[nH]c2ccc(F)cc2c1CC(=O)NCCc1ccc(S(N)(=O)=O)cc1. The third kappa shape index (κ3) is 4.53. The van der Waals surface area contributed by atoms with Crippen molar-refractivity contribution in [3.8, 4) is 0 Å². The highest BCUT2D eigenvalue weighted by Crippen LogP contribution is 2.23. The summed E-state index contributed by atoms with van der Waals surface area (Å²) >= 11 is 0. The third-order valence-corrected chi connectivity index (χ3v) is 5.34. The Kier molecular flexibility index (Phi) is 5.29. The van der Waals surface area contributed by atoms with Gasteiger partial charge in [0, 0.05) is 23.1 Å². The van der Waals surface area contributed by atoms with E-state index in [4.69, 9.17) is 5.14 Å². The molecule has 3 aromatic rings. The van der Waals surface area contributed by atoms with Crippen molar-refractivity contribution in [3.05, 3.63) is 65.1 Å². The van der Waals surface area contributed by atoms with Crippen molar-refractivity contribution >= 4 is 26.8 Å². The van der Waals surface area contributed by atoms with E-state index in [9.17, 15) is 17.6 Å². The van der Waals surface area contributed by atoms with Crippen LogP contribution in [0.3, 0.4) is 0 Å². The minimum absolute atomic E-state index is 0.0531. The monoisotopic (exact) mass is 389 g/mol. The van der Waals surface area contributed by atoms with Crippen molar-refractivity contribution in [1.82, 2.24) is 10.3 Å². The highest BCUT2D eigenvalue weighted by molar-refractivity contribution is 7.89. The lowest BCUT2D eigenvalue weighted by molar-refractivity contribution is -0.120. The first kappa shape index (κ1) is 19.1. The Morgan fingerprint density at radius 1 is 1.19 bits per heavy atom. The highest BCUT2D eigenvalue weighted by atomic mass is 32.2. The van der Waals surface area contributed by atoms with E-state index in [-0.39, 0.29) is 23.0 Å². The number of benzene rings is 2. The lowest BCUT2D eigenvalue weighted by atomic mass is 10.1. The number of primary sulfonamides is 1. The first-order valence-electron chi connectivity index (χ1n) is 8.39. The summed E-state index contributed by atoms with van der Waals surface area (Å²) in [6.07, 6.45) is 0.706. The smallest absolute Gasteiger partial charge is 0.238 e. The molecule has 0 aliphatic rings. The molecule has 8 heteroatoms. The van der Waals surface area contributed by atoms with Gasteiger partial charge in [-0.3, -0.25) is 4.79 Å². The maximum Gasteiger partial charge on any atom is 0.238 e. The molecule has 0 radical (unpaired) electrons. The number of nitrogens with one attached hydrogen (secondary N) is 2. The molecule has 6 nitrogen and oxygen atoms in total. The molecule has 0 fully saturated rings. The fourth-order valence-corrected chi connectivity index (χ4v) is 3.51. The molecular weight excluding hydrogens is 369 g/mol. The van der Waals surface area contributed by atoms with Crippen LogP contribution in [0.2, 0.25) is 0 Å². The lowest BCUT2D eigenvalue weighted by Crippen LogP contribution is -2.27. The zero-order chi connectivity index (χ0) is 19.6. The van der Waals surface area contributed by atoms with Crippen LogP contribution in [0.25, 0.3) is 10.9 Å². The number of halogens is 1. The standard InChI is InChI=1S/C19H20FN3O3S/c1-12-16(17-10-14(20)4-7-18(17)23-12)11-19(24)22-9-8-13-2-5-15(6-3-13)27(21,25)26/h2-7,10,23H,8-9,11H2,1H3,(H,22,24)(H2,21,25,26). The molecule has 2 aromatic carbocycles. The van der Waals surface area contributed by atoms with Crippen LogP contribution in [-0.4, -0.2) is 25.9 Å². The Balaban J connectivity index is 1.59. The number of carbonyl (C=O) groups excluding carboxylic acids is 1. The number of carbonyl (C=O) groups is 1. The number of hydrogen-bond acceptors (Lipinski definition) is 3. The molecule has 1 aromatic heterocycles. The second-order valence-electron chi connectivity index (χ2n) is 6.38. The maximum atomic E-state index is 13.5. The molecule has 1 heterocycles. The number of sulfonamides is 1. The first-order valence-corrected chi connectivity index (χ1v) is 9.94. The van der Waals surface area contributed by atoms with Crippen LogP contribution in [0.4, 0.5) is 4.39 Å². The molecule has 1 amide bonds. The summed E-state index contributed by atoms with van der Waals surface area (Å²) in [5.41, 5.74) is 3.29. The number of aromatic nitrogens is 1. The normalized spacial score (nSPS) is 11.7. The zero-order valence-corrected chi connectivity index (χ0v) is 15.6. The van der Waals surface area contributed by atoms with Crippen LogP contribution in [-0.2, 0) is 27.7 Å². The maximum absolute atomic E-state index is 13.5. The first-order chi connectivity index (χ1) is 12.7. The van der Waals surface area contributed by atoms with E-state index in [1.807, 2.05) is 6.92 Å². The van der Waals surface area contributed by atoms with E-state index in [0.717, 1.165) is 22.3 Å². The number of fused-ring (bicyclic) bond motifs is 1. The predicted molar refractivity (Wildman–Crippen MR) is 101 cm³/mol. The number of aryl methyl sites for hydroxylation is 1. The average molecular weight is 389 g/mol. The molecule has 0 aliphatic heterocycles. The van der Waals surface area contributed by atoms with E-state index in [1.165, 1.54) is 24.3 Å². The molecule has 0 unspecified atom stereocenters. The summed E-state index contributed by atoms with van der Waals surface area (Å²) in [6, 6.07) is 10.7. The van der Waals surface area contributed by atoms with Gasteiger partial charge >= 0.3 is 0 Å². The summed E-state index contributed by atoms with van der Waals surface area (Å²) in [6.45, 7) is 2.26. The number of aromatic amines is 1. The van der Waals surface area contributed by atoms with E-state index in [0.29, 0.717) is 18.4 Å². The number of H-pyrrole nitrogens is 1. The minimum Gasteiger partial charge on any atom is -0.358 e. The molecule has 0 saturated carbocycles. The van der Waals surface area contributed by atoms with Gasteiger partial charge in [0.15, 0.2) is 0 Å². The molecule has 4 N–H and O–H groups in total. The number of hydrogen-bond donors (Lipinski definition) is 3. The van der Waals surface area contributed by atoms with Crippen LogP contribution < -0.4 is 10.5 Å². The molecule has 0 aliphatic carbocycles. The topological polar surface area (TPSA) is 105 Å². The van der Waals surface area contributed by atoms with E-state index in [2.05, 4.69) is 10.3 Å². The van der Waals surface area contributed by atoms with Gasteiger partial charge in [-0.2, -0.15) is 0 Å². The largest absolute Gasteiger partial charge is 0.358 e. The van der Waals surface area contributed by atoms with Crippen molar-refractivity contribution in [3.63, 3.8) is 0 Å². The van der Waals surface area contributed by atoms with Gasteiger partial charge in [-0.15, -0.1) is 0 Å². The second-order valence-corrected chi connectivity index (χ2v) is 7.95. The zero-order valence-electron chi connectivity index (χ0n) is 14.8. The summed E-state index contributed by atoms with van der Waals surface area (Å²) < 4.78 is 36.0. The van der Waals surface area contributed by atoms with Crippen LogP contribution in [0, 0.1) is 12.7 Å². The molecule has 0 bridgehead atoms. The number of rotatable bonds is 6. The van der Waals surface area contributed by atoms with Crippen molar-refractivity contribution in [2.75, 3.05) is 6.54 Å². The minimum atomic E-state index is -3.71. The molecular formula is C19H20FN3O3S. The summed E-state index contributed by atoms with van der Waals surface area (Å²) in [5.74, 6) is -0.504.